The summed E-state index contributed by atoms with van der Waals surface area (Å²) in [6, 6.07) is 7.29. The minimum Gasteiger partial charge on any atom is -0.449 e. The maximum absolute atomic E-state index is 12.7. The van der Waals surface area contributed by atoms with Crippen LogP contribution in [0.1, 0.15) is 42.6 Å². The van der Waals surface area contributed by atoms with Gasteiger partial charge in [-0.05, 0) is 50.1 Å². The van der Waals surface area contributed by atoms with Gasteiger partial charge in [-0.1, -0.05) is 23.4 Å². The lowest BCUT2D eigenvalue weighted by atomic mass is 9.57. The van der Waals surface area contributed by atoms with Gasteiger partial charge in [-0.25, -0.2) is 14.5 Å². The molecule has 2 aliphatic rings. The third kappa shape index (κ3) is 4.64. The van der Waals surface area contributed by atoms with E-state index in [9.17, 15) is 18.0 Å². The number of nitrogens with one attached hydrogen (secondary N) is 2. The van der Waals surface area contributed by atoms with E-state index in [1.54, 1.807) is 22.9 Å². The zero-order chi connectivity index (χ0) is 26.6. The molecular formula is C23H22ClN5O7S. The number of carbonyl (C=O) groups excluding carboxylic acids is 2. The molecule has 0 aliphatic heterocycles. The van der Waals surface area contributed by atoms with Crippen LogP contribution in [0, 0.1) is 17.3 Å². The Hall–Kier alpha value is -3.57. The summed E-state index contributed by atoms with van der Waals surface area (Å²) in [4.78, 5) is 28.7. The Labute approximate surface area is 216 Å². The number of hydrogen-bond acceptors (Lipinski definition) is 10. The number of amides is 2. The Morgan fingerprint density at radius 2 is 1.92 bits per heavy atom. The lowest BCUT2D eigenvalue weighted by Crippen LogP contribution is -2.60. The van der Waals surface area contributed by atoms with Gasteiger partial charge >= 0.3 is 6.09 Å². The Morgan fingerprint density at radius 1 is 1.16 bits per heavy atom. The molecule has 2 amide bonds. The average molecular weight is 548 g/mol. The van der Waals surface area contributed by atoms with Crippen LogP contribution < -0.4 is 21.5 Å². The van der Waals surface area contributed by atoms with Crippen LogP contribution in [0.3, 0.4) is 0 Å². The number of aromatic nitrogens is 1. The van der Waals surface area contributed by atoms with Gasteiger partial charge in [0.15, 0.2) is 17.0 Å². The van der Waals surface area contributed by atoms with Gasteiger partial charge in [-0.2, -0.15) is 8.42 Å². The molecule has 12 nitrogen and oxygen atoms in total. The molecule has 5 rings (SSSR count). The lowest BCUT2D eigenvalue weighted by Gasteiger charge is -2.49. The van der Waals surface area contributed by atoms with Gasteiger partial charge in [0.05, 0.1) is 12.1 Å². The second-order valence-corrected chi connectivity index (χ2v) is 11.3. The molecule has 14 heteroatoms. The molecule has 0 radical (unpaired) electrons. The lowest BCUT2D eigenvalue weighted by molar-refractivity contribution is 0.0408. The average Bonchev–Trinajstić information content (AvgIpc) is 3.50. The molecule has 37 heavy (non-hydrogen) atoms. The molecule has 1 spiro atoms. The highest BCUT2D eigenvalue weighted by Gasteiger charge is 2.59. The summed E-state index contributed by atoms with van der Waals surface area (Å²) in [6.07, 6.45) is -0.112. The quantitative estimate of drug-likeness (QED) is 0.261. The molecule has 2 heterocycles. The van der Waals surface area contributed by atoms with E-state index >= 15 is 0 Å². The number of halogens is 1. The molecule has 0 saturated heterocycles. The van der Waals surface area contributed by atoms with Crippen molar-refractivity contribution in [1.29, 1.82) is 0 Å². The van der Waals surface area contributed by atoms with E-state index in [4.69, 9.17) is 31.9 Å². The van der Waals surface area contributed by atoms with Crippen molar-refractivity contribution in [2.75, 3.05) is 6.61 Å². The first kappa shape index (κ1) is 25.1. The molecule has 1 aromatic carbocycles. The second-order valence-electron chi connectivity index (χ2n) is 9.22. The van der Waals surface area contributed by atoms with Crippen molar-refractivity contribution >= 4 is 44.7 Å². The van der Waals surface area contributed by atoms with Crippen LogP contribution in [0.4, 0.5) is 4.79 Å². The highest BCUT2D eigenvalue weighted by atomic mass is 35.5. The number of sulfonamides is 1. The first-order valence-corrected chi connectivity index (χ1v) is 13.0. The number of nitrogens with zero attached hydrogens (tertiary/aromatic N) is 1. The van der Waals surface area contributed by atoms with Gasteiger partial charge in [-0.15, -0.1) is 0 Å². The summed E-state index contributed by atoms with van der Waals surface area (Å²) < 4.78 is 41.7. The molecule has 6 N–H and O–H groups in total. The number of ether oxygens (including phenoxy) is 1. The molecule has 3 aromatic rings. The van der Waals surface area contributed by atoms with Crippen LogP contribution in [0.5, 0.6) is 0 Å². The van der Waals surface area contributed by atoms with E-state index in [0.29, 0.717) is 34.9 Å². The fourth-order valence-electron chi connectivity index (χ4n) is 4.75. The highest BCUT2D eigenvalue weighted by Crippen LogP contribution is 2.57. The SMILES string of the molecule is CCOC(=O)NS(=O)(=O)c1ccc(C(=O)N[C@@]2(N)C#C[C@]3(C2)C[C@](N)(c2nc4cc(Cl)ccc4o2)C3)o1. The van der Waals surface area contributed by atoms with E-state index in [1.165, 1.54) is 6.92 Å². The van der Waals surface area contributed by atoms with E-state index in [2.05, 4.69) is 26.9 Å². The highest BCUT2D eigenvalue weighted by molar-refractivity contribution is 7.89. The third-order valence-electron chi connectivity index (χ3n) is 6.15. The van der Waals surface area contributed by atoms with Crippen molar-refractivity contribution < 1.29 is 31.6 Å². The van der Waals surface area contributed by atoms with Crippen LogP contribution in [0.2, 0.25) is 5.02 Å². The minimum atomic E-state index is -4.37. The molecule has 1 saturated carbocycles. The van der Waals surface area contributed by atoms with Crippen molar-refractivity contribution in [1.82, 2.24) is 15.0 Å². The van der Waals surface area contributed by atoms with E-state index < -0.39 is 43.7 Å². The largest absolute Gasteiger partial charge is 0.449 e. The number of furan rings is 1. The van der Waals surface area contributed by atoms with Gasteiger partial charge in [-0.3, -0.25) is 10.5 Å². The number of hydrogen-bond donors (Lipinski definition) is 4. The van der Waals surface area contributed by atoms with Gasteiger partial charge in [0.2, 0.25) is 11.0 Å². The number of nitrogens with two attached hydrogens (primary N) is 2. The minimum absolute atomic E-state index is 0.0246. The summed E-state index contributed by atoms with van der Waals surface area (Å²) >= 11 is 6.02. The molecule has 0 unspecified atom stereocenters. The zero-order valence-corrected chi connectivity index (χ0v) is 21.0. The van der Waals surface area contributed by atoms with Gasteiger partial charge in [0.25, 0.3) is 15.9 Å². The summed E-state index contributed by atoms with van der Waals surface area (Å²) in [6.45, 7) is 1.49. The monoisotopic (exact) mass is 547 g/mol. The summed E-state index contributed by atoms with van der Waals surface area (Å²) in [5.74, 6) is 5.23. The van der Waals surface area contributed by atoms with Crippen LogP contribution in [-0.4, -0.2) is 37.7 Å². The smallest absolute Gasteiger partial charge is 0.421 e. The number of rotatable bonds is 6. The maximum Gasteiger partial charge on any atom is 0.421 e. The van der Waals surface area contributed by atoms with Crippen molar-refractivity contribution in [2.45, 2.75) is 42.5 Å². The predicted molar refractivity (Wildman–Crippen MR) is 129 cm³/mol. The Bertz CT molecular complexity index is 1600. The normalized spacial score (nSPS) is 26.4. The number of oxazole rings is 1. The number of carbonyl (C=O) groups is 2. The number of fused-ring (bicyclic) bond motifs is 1. The Balaban J connectivity index is 1.24. The van der Waals surface area contributed by atoms with Crippen molar-refractivity contribution in [3.63, 3.8) is 0 Å². The van der Waals surface area contributed by atoms with Crippen molar-refractivity contribution in [3.8, 4) is 11.8 Å². The van der Waals surface area contributed by atoms with Gasteiger partial charge in [0.1, 0.15) is 5.52 Å². The molecule has 2 aliphatic carbocycles. The summed E-state index contributed by atoms with van der Waals surface area (Å²) in [5, 5.41) is 2.48. The van der Waals surface area contributed by atoms with Crippen LogP contribution in [0.25, 0.3) is 11.1 Å². The molecular weight excluding hydrogens is 526 g/mol. The molecule has 2 aromatic heterocycles. The van der Waals surface area contributed by atoms with Crippen LogP contribution in [-0.2, 0) is 20.3 Å². The summed E-state index contributed by atoms with van der Waals surface area (Å²) in [7, 11) is -4.37. The fraction of sp³-hybridized carbons (Fsp3) is 0.348. The van der Waals surface area contributed by atoms with Crippen molar-refractivity contribution in [2.24, 2.45) is 16.9 Å². The first-order valence-electron chi connectivity index (χ1n) is 11.1. The fourth-order valence-corrected chi connectivity index (χ4v) is 5.74. The molecule has 194 valence electrons. The number of benzene rings is 1. The standard InChI is InChI=1S/C23H22ClN5O7S/c1-2-34-20(31)29-37(32,33)17-6-5-16(35-17)18(30)28-23(26)8-7-21(12-23)10-22(25,11-21)19-27-14-9-13(24)3-4-15(14)36-19/h3-6,9H,2,10-12,25-26H2,1H3,(H,28,30)(H,29,31)/t21-,22+,23-/m0/s1. The third-order valence-corrected chi connectivity index (χ3v) is 7.57. The summed E-state index contributed by atoms with van der Waals surface area (Å²) in [5.41, 5.74) is 11.3. The van der Waals surface area contributed by atoms with E-state index in [1.807, 2.05) is 0 Å². The first-order chi connectivity index (χ1) is 17.3. The second kappa shape index (κ2) is 8.49. The van der Waals surface area contributed by atoms with Gasteiger partial charge < -0.3 is 24.6 Å². The van der Waals surface area contributed by atoms with Gasteiger partial charge in [0, 0.05) is 16.9 Å². The van der Waals surface area contributed by atoms with Crippen LogP contribution >= 0.6 is 11.6 Å². The van der Waals surface area contributed by atoms with Crippen LogP contribution in [0.15, 0.2) is 44.3 Å². The predicted octanol–water partition coefficient (Wildman–Crippen LogP) is 1.94. The topological polar surface area (TPSA) is 193 Å². The molecule has 1 fully saturated rings. The maximum atomic E-state index is 12.7. The van der Waals surface area contributed by atoms with E-state index in [-0.39, 0.29) is 18.8 Å². The molecule has 1 atom stereocenters. The Kier molecular flexibility index (Phi) is 5.76. The molecule has 0 bridgehead atoms. The van der Waals surface area contributed by atoms with E-state index in [0.717, 1.165) is 12.1 Å². The Morgan fingerprint density at radius 3 is 2.65 bits per heavy atom. The zero-order valence-electron chi connectivity index (χ0n) is 19.5. The van der Waals surface area contributed by atoms with Crippen molar-refractivity contribution in [3.05, 3.63) is 47.0 Å².